The molecule has 5 aromatic rings. The fourth-order valence-corrected chi connectivity index (χ4v) is 9.02. The number of aliphatic carboxylic acids is 1. The van der Waals surface area contributed by atoms with Crippen LogP contribution < -0.4 is 20.7 Å². The highest BCUT2D eigenvalue weighted by atomic mass is 35.5. The van der Waals surface area contributed by atoms with Crippen LogP contribution in [0.1, 0.15) is 49.2 Å². The van der Waals surface area contributed by atoms with E-state index in [1.807, 2.05) is 79.9 Å². The molecule has 0 bridgehead atoms. The van der Waals surface area contributed by atoms with Crippen LogP contribution in [0.4, 0.5) is 13.2 Å². The van der Waals surface area contributed by atoms with E-state index in [2.05, 4.69) is 25.5 Å². The smallest absolute Gasteiger partial charge is 0.475 e. The Balaban J connectivity index is 0.00000125. The topological polar surface area (TPSA) is 205 Å². The Morgan fingerprint density at radius 1 is 0.842 bits per heavy atom. The van der Waals surface area contributed by atoms with Gasteiger partial charge in [0.05, 0.1) is 37.5 Å². The van der Waals surface area contributed by atoms with Crippen LogP contribution in [-0.4, -0.2) is 136 Å². The SMILES string of the molecule is COC[C@@H]1NC(=O)[C@H](C)N(Cc2ccc(Cl)cc2Oc2ccc(-c3cnc4n3CCNC4)cc2)C(=O)C[C@@H](Cc2ccccc2)C(=O)N(C)[C@@H](C)CNC(=O)C[C@H](Cc2ccc(Cl)cc2)N(C)C1=O.O=C(O)C(F)(F)F. The molecule has 1 saturated heterocycles. The lowest BCUT2D eigenvalue weighted by atomic mass is 9.93. The van der Waals surface area contributed by atoms with E-state index in [9.17, 15) is 32.3 Å². The molecule has 0 saturated carbocycles. The summed E-state index contributed by atoms with van der Waals surface area (Å²) in [5.74, 6) is -4.01. The lowest BCUT2D eigenvalue weighted by Gasteiger charge is -2.35. The quantitative estimate of drug-likeness (QED) is 0.107. The number of carbonyl (C=O) groups is 6. The van der Waals surface area contributed by atoms with Crippen molar-refractivity contribution in [2.45, 2.75) is 89.5 Å². The molecule has 406 valence electrons. The highest BCUT2D eigenvalue weighted by molar-refractivity contribution is 6.31. The normalized spacial score (nSPS) is 20.4. The Bertz CT molecular complexity index is 2820. The first-order chi connectivity index (χ1) is 36.1. The zero-order chi connectivity index (χ0) is 55.3. The third-order valence-corrected chi connectivity index (χ3v) is 13.7. The standard InChI is InChI=1S/C52H60Cl2N8O7.C2HF3O2/c1-33-28-57-48(63)27-42(24-36-11-16-40(53)17-12-36)60(4)52(67)44(32-68-5)58-50(65)34(2)62(49(64)25-39(51(66)59(33)3)23-35-9-7-6-8-10-35)31-38-13-18-41(54)26-46(38)69-43-19-14-37(15-20-43)45-29-56-47-30-55-21-22-61(45)47;3-2(4,5)1(6)7/h6-20,26,29,33-34,39,42,44,55H,21-25,27-28,30-32H2,1-5H3,(H,57,63)(H,58,65);(H,6,7)/t33-,34-,39+,42-,44-;/m0./s1. The molecule has 4 aromatic carbocycles. The van der Waals surface area contributed by atoms with Crippen LogP contribution in [0.3, 0.4) is 0 Å². The van der Waals surface area contributed by atoms with E-state index in [0.29, 0.717) is 40.1 Å². The van der Waals surface area contributed by atoms with Crippen molar-refractivity contribution in [3.8, 4) is 22.8 Å². The Kier molecular flexibility index (Phi) is 20.4. The number of benzene rings is 4. The highest BCUT2D eigenvalue weighted by Crippen LogP contribution is 2.33. The van der Waals surface area contributed by atoms with E-state index >= 15 is 4.79 Å². The molecule has 7 rings (SSSR count). The third kappa shape index (κ3) is 15.8. The van der Waals surface area contributed by atoms with Crippen molar-refractivity contribution in [1.29, 1.82) is 0 Å². The summed E-state index contributed by atoms with van der Waals surface area (Å²) in [6, 6.07) is 25.8. The number of methoxy groups -OCH3 is 1. The summed E-state index contributed by atoms with van der Waals surface area (Å²) in [5.41, 5.74) is 4.20. The zero-order valence-electron chi connectivity index (χ0n) is 42.6. The molecule has 4 N–H and O–H groups in total. The van der Waals surface area contributed by atoms with Crippen LogP contribution in [0.15, 0.2) is 103 Å². The van der Waals surface area contributed by atoms with E-state index in [1.165, 1.54) is 16.9 Å². The van der Waals surface area contributed by atoms with E-state index in [4.69, 9.17) is 42.6 Å². The number of carboxylic acid groups (broad SMARTS) is 1. The van der Waals surface area contributed by atoms with Crippen LogP contribution in [0.2, 0.25) is 10.0 Å². The van der Waals surface area contributed by atoms with Crippen LogP contribution >= 0.6 is 23.2 Å². The van der Waals surface area contributed by atoms with Crippen molar-refractivity contribution in [3.63, 3.8) is 0 Å². The largest absolute Gasteiger partial charge is 0.490 e. The molecule has 17 nitrogen and oxygen atoms in total. The summed E-state index contributed by atoms with van der Waals surface area (Å²) in [6.07, 6.45) is -3.01. The average Bonchev–Trinajstić information content (AvgIpc) is 3.83. The third-order valence-electron chi connectivity index (χ3n) is 13.2. The number of nitrogens with one attached hydrogen (secondary N) is 3. The summed E-state index contributed by atoms with van der Waals surface area (Å²) in [5, 5.41) is 17.2. The number of hydrogen-bond donors (Lipinski definition) is 4. The maximum atomic E-state index is 15.0. The summed E-state index contributed by atoms with van der Waals surface area (Å²) in [6.45, 7) is 5.58. The second kappa shape index (κ2) is 26.7. The van der Waals surface area contributed by atoms with Gasteiger partial charge in [0.2, 0.25) is 29.5 Å². The molecule has 76 heavy (non-hydrogen) atoms. The number of nitrogens with zero attached hydrogens (tertiary/aromatic N) is 5. The van der Waals surface area contributed by atoms with E-state index in [-0.39, 0.29) is 50.8 Å². The number of ether oxygens (including phenoxy) is 2. The van der Waals surface area contributed by atoms with Crippen LogP contribution in [0.5, 0.6) is 11.5 Å². The van der Waals surface area contributed by atoms with Gasteiger partial charge in [0.1, 0.15) is 29.4 Å². The number of carbonyl (C=O) groups excluding carboxylic acids is 5. The lowest BCUT2D eigenvalue weighted by molar-refractivity contribution is -0.192. The first-order valence-electron chi connectivity index (χ1n) is 24.4. The molecule has 0 radical (unpaired) electrons. The minimum absolute atomic E-state index is 0.0712. The molecule has 2 aliphatic rings. The first-order valence-corrected chi connectivity index (χ1v) is 25.2. The van der Waals surface area contributed by atoms with Crippen molar-refractivity contribution >= 4 is 58.7 Å². The van der Waals surface area contributed by atoms with Crippen LogP contribution in [-0.2, 0) is 66.0 Å². The number of rotatable bonds is 11. The van der Waals surface area contributed by atoms with Gasteiger partial charge in [0.15, 0.2) is 0 Å². The Morgan fingerprint density at radius 2 is 1.50 bits per heavy atom. The summed E-state index contributed by atoms with van der Waals surface area (Å²) in [4.78, 5) is 90.2. The predicted octanol–water partition coefficient (Wildman–Crippen LogP) is 6.92. The molecule has 1 aromatic heterocycles. The van der Waals surface area contributed by atoms with E-state index in [1.54, 1.807) is 56.3 Å². The zero-order valence-corrected chi connectivity index (χ0v) is 44.1. The van der Waals surface area contributed by atoms with Gasteiger partial charge >= 0.3 is 12.1 Å². The van der Waals surface area contributed by atoms with Gasteiger partial charge in [0, 0.05) is 86.9 Å². The molecule has 0 aliphatic carbocycles. The number of hydrogen-bond acceptors (Lipinski definition) is 10. The van der Waals surface area contributed by atoms with Gasteiger partial charge in [-0.15, -0.1) is 0 Å². The van der Waals surface area contributed by atoms with Gasteiger partial charge in [-0.2, -0.15) is 13.2 Å². The molecular formula is C54H61Cl2F3N8O9. The van der Waals surface area contributed by atoms with Gasteiger partial charge in [-0.1, -0.05) is 71.7 Å². The maximum absolute atomic E-state index is 15.0. The number of likely N-dealkylation sites (N-methyl/N-ethyl adjacent to an activating group) is 2. The molecule has 2 aliphatic heterocycles. The van der Waals surface area contributed by atoms with Crippen molar-refractivity contribution < 1.29 is 56.5 Å². The molecule has 5 atom stereocenters. The second-order valence-corrected chi connectivity index (χ2v) is 19.5. The molecule has 5 amide bonds. The number of carboxylic acids is 1. The van der Waals surface area contributed by atoms with Gasteiger partial charge in [-0.25, -0.2) is 9.78 Å². The van der Waals surface area contributed by atoms with E-state index in [0.717, 1.165) is 41.3 Å². The van der Waals surface area contributed by atoms with Crippen molar-refractivity contribution in [3.05, 3.63) is 136 Å². The minimum atomic E-state index is -5.08. The maximum Gasteiger partial charge on any atom is 0.490 e. The number of imidazole rings is 1. The molecular weight excluding hydrogens is 1030 g/mol. The van der Waals surface area contributed by atoms with E-state index < -0.39 is 60.0 Å². The summed E-state index contributed by atoms with van der Waals surface area (Å²) < 4.78 is 45.9. The number of aromatic nitrogens is 2. The summed E-state index contributed by atoms with van der Waals surface area (Å²) >= 11 is 12.8. The summed E-state index contributed by atoms with van der Waals surface area (Å²) in [7, 11) is 4.66. The van der Waals surface area contributed by atoms with Gasteiger partial charge in [0.25, 0.3) is 0 Å². The molecule has 0 spiro atoms. The molecule has 22 heteroatoms. The number of amides is 5. The number of fused-ring (bicyclic) bond motifs is 1. The first kappa shape index (κ1) is 58.3. The number of halogens is 5. The minimum Gasteiger partial charge on any atom is -0.475 e. The van der Waals surface area contributed by atoms with Gasteiger partial charge in [-0.3, -0.25) is 24.0 Å². The Hall–Kier alpha value is -7.00. The Morgan fingerprint density at radius 3 is 2.16 bits per heavy atom. The number of alkyl halides is 3. The molecule has 3 heterocycles. The monoisotopic (exact) mass is 1090 g/mol. The van der Waals surface area contributed by atoms with Crippen LogP contribution in [0, 0.1) is 5.92 Å². The molecule has 0 unspecified atom stereocenters. The second-order valence-electron chi connectivity index (χ2n) is 18.6. The van der Waals surface area contributed by atoms with Crippen molar-refractivity contribution in [2.24, 2.45) is 5.92 Å². The van der Waals surface area contributed by atoms with Crippen molar-refractivity contribution in [1.82, 2.24) is 40.2 Å². The fraction of sp³-hybridized carbons (Fsp3) is 0.389. The predicted molar refractivity (Wildman–Crippen MR) is 278 cm³/mol. The van der Waals surface area contributed by atoms with Crippen LogP contribution in [0.25, 0.3) is 11.3 Å². The average molecular weight is 1090 g/mol. The fourth-order valence-electron chi connectivity index (χ4n) is 8.73. The highest BCUT2D eigenvalue weighted by Gasteiger charge is 2.39. The lowest BCUT2D eigenvalue weighted by Crippen LogP contribution is -2.57. The van der Waals surface area contributed by atoms with Crippen molar-refractivity contribution in [2.75, 3.05) is 40.9 Å². The Labute approximate surface area is 448 Å². The van der Waals surface area contributed by atoms with Gasteiger partial charge < -0.3 is 49.8 Å². The van der Waals surface area contributed by atoms with Gasteiger partial charge in [-0.05, 0) is 86.3 Å². The molecule has 1 fully saturated rings.